The van der Waals surface area contributed by atoms with Gasteiger partial charge in [0, 0.05) is 24.3 Å². The highest BCUT2D eigenvalue weighted by Crippen LogP contribution is 2.42. The number of hydrogen-bond donors (Lipinski definition) is 0. The van der Waals surface area contributed by atoms with E-state index in [0.29, 0.717) is 15.4 Å². The van der Waals surface area contributed by atoms with Crippen molar-refractivity contribution >= 4 is 49.4 Å². The number of nitrogens with zero attached hydrogens (tertiary/aromatic N) is 1. The SMILES string of the molecule is FC(F)(F)c1cc([B-](c2cc(C(F)(F)F)cc(C(F)(F)F)c2)(c2cc(C(F)(F)F)cc(C(F)(F)F)c2)c2cc(C(F)(F)F)cc(C(F)(F)F)c2)cc(C(F)(F)F)c1.O=C(C[S+](=O)(c1ccccc1)c1ccccc1)c1ccc(N(Cc2ccccc2)Cc2ccccc2)cc1. The fourth-order valence-electron chi connectivity index (χ4n) is 10.6. The van der Waals surface area contributed by atoms with Gasteiger partial charge in [-0.05, 0) is 83.9 Å². The van der Waals surface area contributed by atoms with E-state index in [1.54, 1.807) is 0 Å². The predicted molar refractivity (Wildman–Crippen MR) is 306 cm³/mol. The first-order valence-electron chi connectivity index (χ1n) is 27.3. The maximum atomic E-state index is 14.3. The largest absolute Gasteiger partial charge is 0.416 e. The third-order valence-corrected chi connectivity index (χ3v) is 17.7. The van der Waals surface area contributed by atoms with Gasteiger partial charge in [0.2, 0.25) is 5.78 Å². The smallest absolute Gasteiger partial charge is 0.363 e. The van der Waals surface area contributed by atoms with Gasteiger partial charge in [0.25, 0.3) is 0 Å². The Morgan fingerprint density at radius 1 is 0.305 bits per heavy atom. The molecule has 0 aliphatic carbocycles. The molecule has 0 unspecified atom stereocenters. The third kappa shape index (κ3) is 16.9. The number of hydrogen-bond acceptors (Lipinski definition) is 3. The number of ketones is 1. The molecular weight excluding hydrogens is 1340 g/mol. The Hall–Kier alpha value is -9.02. The number of rotatable bonds is 14. The van der Waals surface area contributed by atoms with Crippen molar-refractivity contribution in [3.63, 3.8) is 0 Å². The molecule has 0 saturated carbocycles. The molecule has 0 bridgehead atoms. The zero-order valence-electron chi connectivity index (χ0n) is 47.7. The van der Waals surface area contributed by atoms with Gasteiger partial charge in [0.05, 0.1) is 44.5 Å². The lowest BCUT2D eigenvalue weighted by molar-refractivity contribution is -0.144. The summed E-state index contributed by atoms with van der Waals surface area (Å²) in [5, 5.41) is 0. The summed E-state index contributed by atoms with van der Waals surface area (Å²) in [5.41, 5.74) is -26.2. The van der Waals surface area contributed by atoms with Crippen LogP contribution < -0.4 is 26.8 Å². The summed E-state index contributed by atoms with van der Waals surface area (Å²) in [6.45, 7) is 1.50. The van der Waals surface area contributed by atoms with Gasteiger partial charge < -0.3 is 4.90 Å². The van der Waals surface area contributed by atoms with Crippen molar-refractivity contribution in [3.05, 3.63) is 280 Å². The van der Waals surface area contributed by atoms with Gasteiger partial charge in [-0.15, -0.1) is 0 Å². The second-order valence-electron chi connectivity index (χ2n) is 21.5. The van der Waals surface area contributed by atoms with Gasteiger partial charge in [0.15, 0.2) is 25.5 Å². The Kier molecular flexibility index (Phi) is 20.1. The van der Waals surface area contributed by atoms with E-state index >= 15 is 0 Å². The van der Waals surface area contributed by atoms with E-state index in [1.165, 1.54) is 11.1 Å². The highest BCUT2D eigenvalue weighted by Gasteiger charge is 2.48. The second kappa shape index (κ2) is 26.6. The molecule has 0 radical (unpaired) electrons. The molecular formula is C66H42BF24NO2S. The zero-order chi connectivity index (χ0) is 70.1. The Morgan fingerprint density at radius 3 is 0.747 bits per heavy atom. The van der Waals surface area contributed by atoms with Gasteiger partial charge in [-0.2, -0.15) is 127 Å². The van der Waals surface area contributed by atoms with Crippen molar-refractivity contribution in [3.8, 4) is 0 Å². The monoisotopic (exact) mass is 1380 g/mol. The second-order valence-corrected chi connectivity index (χ2v) is 24.0. The predicted octanol–water partition coefficient (Wildman–Crippen LogP) is 18.9. The summed E-state index contributed by atoms with van der Waals surface area (Å²) in [6, 6.07) is 38.3. The molecule has 0 heterocycles. The lowest BCUT2D eigenvalue weighted by atomic mass is 9.12. The molecule has 0 spiro atoms. The van der Waals surface area contributed by atoms with Crippen LogP contribution in [-0.4, -0.2) is 17.7 Å². The van der Waals surface area contributed by atoms with Crippen LogP contribution in [0.4, 0.5) is 111 Å². The topological polar surface area (TPSA) is 37.4 Å². The molecule has 0 saturated heterocycles. The first kappa shape index (κ1) is 71.8. The maximum absolute atomic E-state index is 14.3. The van der Waals surface area contributed by atoms with Gasteiger partial charge in [-0.25, -0.2) is 0 Å². The number of halogens is 24. The molecule has 29 heteroatoms. The van der Waals surface area contributed by atoms with Crippen LogP contribution in [0.15, 0.2) is 228 Å². The lowest BCUT2D eigenvalue weighted by Gasteiger charge is -2.46. The van der Waals surface area contributed by atoms with E-state index in [9.17, 15) is 114 Å². The molecule has 0 aliphatic rings. The highest BCUT2D eigenvalue weighted by molar-refractivity contribution is 8.03. The van der Waals surface area contributed by atoms with Crippen LogP contribution in [0.3, 0.4) is 0 Å². The van der Waals surface area contributed by atoms with Crippen molar-refractivity contribution in [2.45, 2.75) is 72.3 Å². The van der Waals surface area contributed by atoms with E-state index in [4.69, 9.17) is 0 Å². The van der Waals surface area contributed by atoms with Crippen molar-refractivity contribution in [1.29, 1.82) is 0 Å². The van der Waals surface area contributed by atoms with Crippen LogP contribution in [0, 0.1) is 0 Å². The molecule has 0 fully saturated rings. The molecule has 9 aromatic carbocycles. The number of carbonyl (C=O) groups is 1. The molecule has 0 aliphatic heterocycles. The van der Waals surface area contributed by atoms with Gasteiger partial charge >= 0.3 is 49.4 Å². The summed E-state index contributed by atoms with van der Waals surface area (Å²) in [4.78, 5) is 17.1. The minimum Gasteiger partial charge on any atom is -0.363 e. The number of alkyl halides is 24. The van der Waals surface area contributed by atoms with Gasteiger partial charge in [0.1, 0.15) is 6.15 Å². The van der Waals surface area contributed by atoms with Crippen molar-refractivity contribution in [2.24, 2.45) is 0 Å². The minimum absolute atomic E-state index is 0.0713. The third-order valence-electron chi connectivity index (χ3n) is 15.0. The van der Waals surface area contributed by atoms with E-state index in [-0.39, 0.29) is 11.5 Å². The standard InChI is InChI=1S/C34H30NO2S.C32H12BF24/c36-34(27-38(37,32-17-9-3-10-18-32)33-19-11-4-12-20-33)30-21-23-31(24-22-30)35(25-28-13-5-1-6-14-28)26-29-15-7-2-8-16-29;34-25(35,36)13-1-14(26(37,38)39)6-21(5-13)33(22-7-15(27(40,41)42)2-16(8-22)28(43,44)45,23-9-17(29(46,47)48)3-18(10-23)30(49,50)51)24-11-19(31(52,53)54)4-20(12-24)32(55,56)57/h1-24H,25-27H2;1-12H/q+1;-1. The molecule has 0 aromatic heterocycles. The van der Waals surface area contributed by atoms with Crippen molar-refractivity contribution < 1.29 is 114 Å². The van der Waals surface area contributed by atoms with Crippen LogP contribution in [0.25, 0.3) is 0 Å². The van der Waals surface area contributed by atoms with Gasteiger partial charge in [-0.1, -0.05) is 150 Å². The summed E-state index contributed by atoms with van der Waals surface area (Å²) in [7, 11) is -2.76. The first-order valence-corrected chi connectivity index (χ1v) is 29.0. The van der Waals surface area contributed by atoms with E-state index in [1.807, 2.05) is 97.1 Å². The Balaban J connectivity index is 0.000000262. The van der Waals surface area contributed by atoms with Crippen LogP contribution >= 0.6 is 0 Å². The Morgan fingerprint density at radius 2 is 0.526 bits per heavy atom. The van der Waals surface area contributed by atoms with E-state index in [0.717, 1.165) is 18.8 Å². The number of carbonyl (C=O) groups excluding carboxylic acids is 1. The first-order chi connectivity index (χ1) is 43.9. The van der Waals surface area contributed by atoms with Crippen LogP contribution in [-0.2, 0) is 76.6 Å². The van der Waals surface area contributed by atoms with E-state index < -0.39 is 205 Å². The van der Waals surface area contributed by atoms with Crippen LogP contribution in [0.5, 0.6) is 0 Å². The van der Waals surface area contributed by atoms with Crippen molar-refractivity contribution in [1.82, 2.24) is 0 Å². The number of Topliss-reactive ketones (excluding diaryl/α,β-unsaturated/α-hetero) is 1. The van der Waals surface area contributed by atoms with Crippen LogP contribution in [0.2, 0.25) is 0 Å². The number of benzene rings is 9. The summed E-state index contributed by atoms with van der Waals surface area (Å²) < 4.78 is 355. The average molecular weight is 1380 g/mol. The maximum Gasteiger partial charge on any atom is 0.416 e. The van der Waals surface area contributed by atoms with Gasteiger partial charge in [-0.3, -0.25) is 4.79 Å². The van der Waals surface area contributed by atoms with E-state index in [2.05, 4.69) is 53.4 Å². The summed E-state index contributed by atoms with van der Waals surface area (Å²) in [6.07, 6.45) is -54.8. The zero-order valence-corrected chi connectivity index (χ0v) is 48.5. The molecule has 0 N–H and O–H groups in total. The molecule has 9 rings (SSSR count). The molecule has 0 amide bonds. The lowest BCUT2D eigenvalue weighted by Crippen LogP contribution is -2.75. The van der Waals surface area contributed by atoms with Crippen molar-refractivity contribution in [2.75, 3.05) is 10.7 Å². The molecule has 95 heavy (non-hydrogen) atoms. The minimum atomic E-state index is -6.13. The Bertz CT molecular complexity index is 3680. The quantitative estimate of drug-likeness (QED) is 0.0471. The fraction of sp³-hybridized carbons (Fsp3) is 0.167. The summed E-state index contributed by atoms with van der Waals surface area (Å²) in [5.74, 6) is -0.204. The molecule has 0 atom stereocenters. The fourth-order valence-corrected chi connectivity index (χ4v) is 13.0. The number of anilines is 1. The molecule has 3 nitrogen and oxygen atoms in total. The Labute approximate surface area is 524 Å². The van der Waals surface area contributed by atoms with Crippen LogP contribution in [0.1, 0.15) is 66.0 Å². The highest BCUT2D eigenvalue weighted by atomic mass is 32.2. The normalized spacial score (nSPS) is 13.1. The summed E-state index contributed by atoms with van der Waals surface area (Å²) >= 11 is 0. The average Bonchev–Trinajstić information content (AvgIpc) is 0.708. The molecule has 500 valence electrons. The molecule has 9 aromatic rings.